The predicted molar refractivity (Wildman–Crippen MR) is 69.7 cm³/mol. The second-order valence-electron chi connectivity index (χ2n) is 4.72. The molecule has 1 aromatic rings. The number of piperidine rings is 1. The van der Waals surface area contributed by atoms with E-state index in [1.54, 1.807) is 0 Å². The van der Waals surface area contributed by atoms with Gasteiger partial charge in [0.25, 0.3) is 0 Å². The molecule has 0 radical (unpaired) electrons. The molecule has 0 atom stereocenters. The Morgan fingerprint density at radius 3 is 2.69 bits per heavy atom. The molecule has 0 bridgehead atoms. The van der Waals surface area contributed by atoms with Gasteiger partial charge in [-0.05, 0) is 51.0 Å². The van der Waals surface area contributed by atoms with E-state index in [9.17, 15) is 0 Å². The van der Waals surface area contributed by atoms with E-state index in [-0.39, 0.29) is 0 Å². The highest BCUT2D eigenvalue weighted by Gasteiger charge is 2.20. The topological polar surface area (TPSA) is 8.17 Å². The molecule has 88 valence electrons. The van der Waals surface area contributed by atoms with Gasteiger partial charge in [-0.1, -0.05) is 19.6 Å². The largest absolute Gasteiger partial charge is 0.348 e. The second-order valence-corrected chi connectivity index (χ2v) is 4.72. The summed E-state index contributed by atoms with van der Waals surface area (Å²) in [5, 5.41) is 0. The van der Waals surface area contributed by atoms with Gasteiger partial charge in [0, 0.05) is 17.9 Å². The van der Waals surface area contributed by atoms with Crippen LogP contribution >= 0.6 is 0 Å². The third-order valence-corrected chi connectivity index (χ3v) is 3.70. The fourth-order valence-corrected chi connectivity index (χ4v) is 2.68. The van der Waals surface area contributed by atoms with Crippen LogP contribution in [0.2, 0.25) is 0 Å². The maximum Gasteiger partial charge on any atom is 0.0357 e. The normalized spacial score (nSPS) is 18.9. The lowest BCUT2D eigenvalue weighted by molar-refractivity contribution is 0.219. The van der Waals surface area contributed by atoms with Crippen molar-refractivity contribution in [1.82, 2.24) is 9.47 Å². The molecular formula is C14H22N2. The summed E-state index contributed by atoms with van der Waals surface area (Å²) < 4.78 is 2.48. The Balaban J connectivity index is 2.20. The highest BCUT2D eigenvalue weighted by Crippen LogP contribution is 2.26. The Kier molecular flexibility index (Phi) is 3.49. The lowest BCUT2D eigenvalue weighted by atomic mass is 10.0. The van der Waals surface area contributed by atoms with Crippen LogP contribution in [0.25, 0.3) is 6.08 Å². The van der Waals surface area contributed by atoms with E-state index in [4.69, 9.17) is 0 Å². The zero-order valence-electron chi connectivity index (χ0n) is 10.4. The standard InChI is InChI=1S/C14H22N2/c1-4-12-6-11-16(14(12)5-2)13-7-9-15(3)10-8-13/h4,6,11,13H,1,5,7-10H2,2-3H3. The van der Waals surface area contributed by atoms with Gasteiger partial charge in [-0.15, -0.1) is 0 Å². The summed E-state index contributed by atoms with van der Waals surface area (Å²) in [7, 11) is 2.21. The molecule has 0 unspecified atom stereocenters. The third kappa shape index (κ3) is 2.07. The van der Waals surface area contributed by atoms with E-state index in [0.29, 0.717) is 6.04 Å². The summed E-state index contributed by atoms with van der Waals surface area (Å²) in [6.45, 7) is 8.55. The van der Waals surface area contributed by atoms with E-state index < -0.39 is 0 Å². The quantitative estimate of drug-likeness (QED) is 0.757. The summed E-state index contributed by atoms with van der Waals surface area (Å²) in [4.78, 5) is 2.42. The molecule has 1 saturated heterocycles. The molecule has 0 aromatic carbocycles. The first-order chi connectivity index (χ1) is 7.76. The van der Waals surface area contributed by atoms with Crippen molar-refractivity contribution < 1.29 is 0 Å². The average molecular weight is 218 g/mol. The molecule has 0 N–H and O–H groups in total. The number of hydrogen-bond donors (Lipinski definition) is 0. The molecule has 2 rings (SSSR count). The minimum atomic E-state index is 0.694. The van der Waals surface area contributed by atoms with Crippen molar-refractivity contribution in [3.63, 3.8) is 0 Å². The van der Waals surface area contributed by atoms with Gasteiger partial charge in [-0.3, -0.25) is 0 Å². The molecule has 0 saturated carbocycles. The summed E-state index contributed by atoms with van der Waals surface area (Å²) in [5.41, 5.74) is 2.76. The van der Waals surface area contributed by atoms with Crippen LogP contribution in [0.3, 0.4) is 0 Å². The van der Waals surface area contributed by atoms with Crippen molar-refractivity contribution in [1.29, 1.82) is 0 Å². The first-order valence-corrected chi connectivity index (χ1v) is 6.27. The van der Waals surface area contributed by atoms with Crippen molar-refractivity contribution >= 4 is 6.08 Å². The van der Waals surface area contributed by atoms with E-state index in [1.807, 2.05) is 6.08 Å². The minimum Gasteiger partial charge on any atom is -0.348 e. The highest BCUT2D eigenvalue weighted by molar-refractivity contribution is 5.50. The second kappa shape index (κ2) is 4.88. The lowest BCUT2D eigenvalue weighted by Gasteiger charge is -2.31. The van der Waals surface area contributed by atoms with Crippen molar-refractivity contribution in [3.8, 4) is 0 Å². The van der Waals surface area contributed by atoms with Crippen LogP contribution in [0.15, 0.2) is 18.8 Å². The summed E-state index contributed by atoms with van der Waals surface area (Å²) in [5.74, 6) is 0. The molecule has 2 nitrogen and oxygen atoms in total. The van der Waals surface area contributed by atoms with Crippen molar-refractivity contribution in [2.24, 2.45) is 0 Å². The van der Waals surface area contributed by atoms with E-state index in [0.717, 1.165) is 6.42 Å². The molecule has 1 aliphatic rings. The van der Waals surface area contributed by atoms with Gasteiger partial charge in [-0.25, -0.2) is 0 Å². The zero-order valence-corrected chi connectivity index (χ0v) is 10.4. The Bertz CT molecular complexity index is 357. The fraction of sp³-hybridized carbons (Fsp3) is 0.571. The van der Waals surface area contributed by atoms with Gasteiger partial charge in [0.2, 0.25) is 0 Å². The van der Waals surface area contributed by atoms with Crippen molar-refractivity contribution in [2.45, 2.75) is 32.2 Å². The zero-order chi connectivity index (χ0) is 11.5. The number of rotatable bonds is 3. The third-order valence-electron chi connectivity index (χ3n) is 3.70. The van der Waals surface area contributed by atoms with Crippen LogP contribution < -0.4 is 0 Å². The summed E-state index contributed by atoms with van der Waals surface area (Å²) in [6, 6.07) is 2.89. The maximum atomic E-state index is 3.89. The van der Waals surface area contributed by atoms with E-state index >= 15 is 0 Å². The molecule has 1 aromatic heterocycles. The first-order valence-electron chi connectivity index (χ1n) is 6.27. The van der Waals surface area contributed by atoms with Gasteiger partial charge in [0.1, 0.15) is 0 Å². The van der Waals surface area contributed by atoms with Gasteiger partial charge >= 0.3 is 0 Å². The molecule has 2 heteroatoms. The average Bonchev–Trinajstić information content (AvgIpc) is 2.72. The Morgan fingerprint density at radius 2 is 2.12 bits per heavy atom. The van der Waals surface area contributed by atoms with Crippen LogP contribution in [0.5, 0.6) is 0 Å². The van der Waals surface area contributed by atoms with Crippen LogP contribution in [0.1, 0.15) is 37.1 Å². The Labute approximate surface area is 98.6 Å². The van der Waals surface area contributed by atoms with E-state index in [2.05, 4.69) is 42.3 Å². The number of nitrogens with zero attached hydrogens (tertiary/aromatic N) is 2. The monoisotopic (exact) mass is 218 g/mol. The Morgan fingerprint density at radius 1 is 1.44 bits per heavy atom. The molecule has 16 heavy (non-hydrogen) atoms. The number of hydrogen-bond acceptors (Lipinski definition) is 1. The number of likely N-dealkylation sites (tertiary alicyclic amines) is 1. The van der Waals surface area contributed by atoms with Crippen LogP contribution in [-0.2, 0) is 6.42 Å². The Hall–Kier alpha value is -1.02. The highest BCUT2D eigenvalue weighted by atomic mass is 15.1. The molecule has 1 aliphatic heterocycles. The molecule has 2 heterocycles. The maximum absolute atomic E-state index is 3.89. The molecule has 1 fully saturated rings. The van der Waals surface area contributed by atoms with Crippen LogP contribution in [-0.4, -0.2) is 29.6 Å². The van der Waals surface area contributed by atoms with Gasteiger partial charge in [-0.2, -0.15) is 0 Å². The fourth-order valence-electron chi connectivity index (χ4n) is 2.68. The van der Waals surface area contributed by atoms with Crippen molar-refractivity contribution in [2.75, 3.05) is 20.1 Å². The first kappa shape index (κ1) is 11.5. The van der Waals surface area contributed by atoms with Crippen molar-refractivity contribution in [3.05, 3.63) is 30.1 Å². The molecular weight excluding hydrogens is 196 g/mol. The molecule has 0 aliphatic carbocycles. The SMILES string of the molecule is C=Cc1ccn(C2CCN(C)CC2)c1CC. The van der Waals surface area contributed by atoms with Gasteiger partial charge < -0.3 is 9.47 Å². The predicted octanol–water partition coefficient (Wildman–Crippen LogP) is 2.96. The lowest BCUT2D eigenvalue weighted by Crippen LogP contribution is -2.31. The summed E-state index contributed by atoms with van der Waals surface area (Å²) in [6.07, 6.45) is 7.86. The minimum absolute atomic E-state index is 0.694. The van der Waals surface area contributed by atoms with Gasteiger partial charge in [0.15, 0.2) is 0 Å². The van der Waals surface area contributed by atoms with Crippen LogP contribution in [0.4, 0.5) is 0 Å². The number of aromatic nitrogens is 1. The smallest absolute Gasteiger partial charge is 0.0357 e. The summed E-state index contributed by atoms with van der Waals surface area (Å²) >= 11 is 0. The van der Waals surface area contributed by atoms with E-state index in [1.165, 1.54) is 37.2 Å². The molecule has 0 amide bonds. The molecule has 0 spiro atoms. The van der Waals surface area contributed by atoms with Gasteiger partial charge in [0.05, 0.1) is 0 Å². The van der Waals surface area contributed by atoms with Crippen LogP contribution in [0, 0.1) is 0 Å².